The Hall–Kier alpha value is -1.62. The van der Waals surface area contributed by atoms with E-state index in [2.05, 4.69) is 10.3 Å². The zero-order valence-corrected chi connectivity index (χ0v) is 8.29. The van der Waals surface area contributed by atoms with Gasteiger partial charge in [-0.1, -0.05) is 42.5 Å². The molecule has 0 unspecified atom stereocenters. The maximum Gasteiger partial charge on any atom is 0.168 e. The van der Waals surface area contributed by atoms with Gasteiger partial charge in [0, 0.05) is 6.42 Å². The van der Waals surface area contributed by atoms with Crippen LogP contribution in [-0.4, -0.2) is 15.1 Å². The van der Waals surface area contributed by atoms with Crippen LogP contribution in [0.3, 0.4) is 0 Å². The number of hydrogen-bond acceptors (Lipinski definition) is 3. The SMILES string of the molecule is Nn1[nH]nc(Cc2ccccc2)c1=S. The average molecular weight is 206 g/mol. The third-order valence-corrected chi connectivity index (χ3v) is 2.41. The van der Waals surface area contributed by atoms with Crippen LogP contribution in [0.1, 0.15) is 11.3 Å². The van der Waals surface area contributed by atoms with Gasteiger partial charge in [0.15, 0.2) is 4.64 Å². The number of nitrogens with zero attached hydrogens (tertiary/aromatic N) is 2. The third kappa shape index (κ3) is 1.67. The number of hydrogen-bond donors (Lipinski definition) is 2. The zero-order valence-electron chi connectivity index (χ0n) is 7.47. The van der Waals surface area contributed by atoms with Crippen molar-refractivity contribution in [1.29, 1.82) is 0 Å². The molecule has 2 aromatic rings. The summed E-state index contributed by atoms with van der Waals surface area (Å²) >= 11 is 5.07. The van der Waals surface area contributed by atoms with E-state index in [4.69, 9.17) is 18.1 Å². The molecule has 0 amide bonds. The summed E-state index contributed by atoms with van der Waals surface area (Å²) < 4.78 is 0.550. The number of benzene rings is 1. The first-order valence-corrected chi connectivity index (χ1v) is 4.63. The molecule has 72 valence electrons. The molecule has 1 heterocycles. The zero-order chi connectivity index (χ0) is 9.97. The van der Waals surface area contributed by atoms with Crippen molar-refractivity contribution in [2.75, 3.05) is 5.84 Å². The number of nitrogen functional groups attached to an aromatic ring is 1. The number of nitrogens with one attached hydrogen (secondary N) is 1. The summed E-state index contributed by atoms with van der Waals surface area (Å²) in [5, 5.41) is 6.62. The van der Waals surface area contributed by atoms with Crippen molar-refractivity contribution in [1.82, 2.24) is 15.1 Å². The van der Waals surface area contributed by atoms with Gasteiger partial charge in [0.25, 0.3) is 0 Å². The van der Waals surface area contributed by atoms with Gasteiger partial charge in [-0.15, -0.1) is 0 Å². The van der Waals surface area contributed by atoms with Gasteiger partial charge in [-0.25, -0.2) is 0 Å². The highest BCUT2D eigenvalue weighted by Gasteiger charge is 2.02. The second-order valence-corrected chi connectivity index (χ2v) is 3.38. The first-order valence-electron chi connectivity index (χ1n) is 4.22. The van der Waals surface area contributed by atoms with Gasteiger partial charge < -0.3 is 5.84 Å². The predicted molar refractivity (Wildman–Crippen MR) is 56.8 cm³/mol. The lowest BCUT2D eigenvalue weighted by atomic mass is 10.1. The fourth-order valence-corrected chi connectivity index (χ4v) is 1.41. The van der Waals surface area contributed by atoms with Crippen LogP contribution in [0.25, 0.3) is 0 Å². The molecule has 4 nitrogen and oxygen atoms in total. The molecule has 14 heavy (non-hydrogen) atoms. The highest BCUT2D eigenvalue weighted by atomic mass is 32.1. The largest absolute Gasteiger partial charge is 0.322 e. The maximum absolute atomic E-state index is 5.49. The second kappa shape index (κ2) is 3.63. The molecule has 3 N–H and O–H groups in total. The minimum atomic E-state index is 0.550. The molecule has 0 fully saturated rings. The van der Waals surface area contributed by atoms with Crippen LogP contribution >= 0.6 is 12.2 Å². The minimum Gasteiger partial charge on any atom is -0.322 e. The molecule has 0 spiro atoms. The summed E-state index contributed by atoms with van der Waals surface area (Å²) in [6.45, 7) is 0. The van der Waals surface area contributed by atoms with E-state index < -0.39 is 0 Å². The van der Waals surface area contributed by atoms with Crippen molar-refractivity contribution in [2.45, 2.75) is 6.42 Å². The van der Waals surface area contributed by atoms with E-state index in [0.717, 1.165) is 5.69 Å². The smallest absolute Gasteiger partial charge is 0.168 e. The van der Waals surface area contributed by atoms with E-state index in [1.54, 1.807) is 0 Å². The summed E-state index contributed by atoms with van der Waals surface area (Å²) in [5.74, 6) is 5.49. The number of nitrogens with two attached hydrogens (primary N) is 1. The lowest BCUT2D eigenvalue weighted by Gasteiger charge is -1.95. The van der Waals surface area contributed by atoms with Crippen LogP contribution in [0.5, 0.6) is 0 Å². The fraction of sp³-hybridized carbons (Fsp3) is 0.111. The molecule has 0 saturated heterocycles. The number of rotatable bonds is 2. The van der Waals surface area contributed by atoms with Gasteiger partial charge in [-0.05, 0) is 5.56 Å². The van der Waals surface area contributed by atoms with E-state index >= 15 is 0 Å². The summed E-state index contributed by atoms with van der Waals surface area (Å²) in [5.41, 5.74) is 1.97. The van der Waals surface area contributed by atoms with E-state index in [-0.39, 0.29) is 0 Å². The summed E-state index contributed by atoms with van der Waals surface area (Å²) in [4.78, 5) is 1.24. The standard InChI is InChI=1S/C9H10N4S/c10-13-9(14)8(11-12-13)6-7-4-2-1-3-5-7/h1-5,12H,6,10H2. The molecule has 0 aliphatic heterocycles. The lowest BCUT2D eigenvalue weighted by molar-refractivity contribution is 0.756. The summed E-state index contributed by atoms with van der Waals surface area (Å²) in [6, 6.07) is 10.0. The van der Waals surface area contributed by atoms with Crippen molar-refractivity contribution in [3.8, 4) is 0 Å². The van der Waals surface area contributed by atoms with Gasteiger partial charge in [-0.3, -0.25) is 0 Å². The lowest BCUT2D eigenvalue weighted by Crippen LogP contribution is -2.09. The summed E-state index contributed by atoms with van der Waals surface area (Å²) in [6.07, 6.45) is 0.709. The molecule has 0 saturated carbocycles. The number of H-pyrrole nitrogens is 1. The molecule has 0 aliphatic rings. The van der Waals surface area contributed by atoms with Crippen molar-refractivity contribution in [3.05, 3.63) is 46.2 Å². The first-order chi connectivity index (χ1) is 6.77. The summed E-state index contributed by atoms with van der Waals surface area (Å²) in [7, 11) is 0. The predicted octanol–water partition coefficient (Wildman–Crippen LogP) is 1.25. The van der Waals surface area contributed by atoms with Crippen LogP contribution in [0.4, 0.5) is 0 Å². The highest BCUT2D eigenvalue weighted by Crippen LogP contribution is 2.06. The molecular formula is C9H10N4S. The molecule has 0 atom stereocenters. The molecule has 0 aliphatic carbocycles. The van der Waals surface area contributed by atoms with Gasteiger partial charge in [0.05, 0.1) is 0 Å². The Labute approximate surface area is 86.3 Å². The second-order valence-electron chi connectivity index (χ2n) is 3.00. The van der Waals surface area contributed by atoms with E-state index in [1.165, 1.54) is 10.4 Å². The van der Waals surface area contributed by atoms with Gasteiger partial charge in [-0.2, -0.15) is 15.1 Å². The Bertz CT molecular complexity index is 471. The van der Waals surface area contributed by atoms with E-state index in [0.29, 0.717) is 11.1 Å². The number of aromatic nitrogens is 3. The Morgan fingerprint density at radius 3 is 2.64 bits per heavy atom. The molecule has 5 heteroatoms. The Balaban J connectivity index is 2.28. The minimum absolute atomic E-state index is 0.550. The fourth-order valence-electron chi connectivity index (χ4n) is 1.25. The first kappa shape index (κ1) is 8.96. The quantitative estimate of drug-likeness (QED) is 0.574. The molecule has 1 aromatic heterocycles. The monoisotopic (exact) mass is 206 g/mol. The molecule has 1 aromatic carbocycles. The molecule has 0 bridgehead atoms. The Morgan fingerprint density at radius 2 is 2.07 bits per heavy atom. The number of aromatic amines is 1. The Morgan fingerprint density at radius 1 is 1.36 bits per heavy atom. The van der Waals surface area contributed by atoms with Gasteiger partial charge in [0.2, 0.25) is 0 Å². The van der Waals surface area contributed by atoms with Crippen LogP contribution in [0.2, 0.25) is 0 Å². The third-order valence-electron chi connectivity index (χ3n) is 1.97. The molecule has 2 rings (SSSR count). The van der Waals surface area contributed by atoms with Crippen molar-refractivity contribution in [2.24, 2.45) is 0 Å². The molecular weight excluding hydrogens is 196 g/mol. The molecule has 0 radical (unpaired) electrons. The average Bonchev–Trinajstić information content (AvgIpc) is 2.52. The van der Waals surface area contributed by atoms with Crippen LogP contribution in [0, 0.1) is 4.64 Å². The normalized spacial score (nSPS) is 10.3. The van der Waals surface area contributed by atoms with Gasteiger partial charge >= 0.3 is 0 Å². The van der Waals surface area contributed by atoms with Crippen molar-refractivity contribution < 1.29 is 0 Å². The van der Waals surface area contributed by atoms with E-state index in [1.807, 2.05) is 30.3 Å². The van der Waals surface area contributed by atoms with Gasteiger partial charge in [0.1, 0.15) is 5.69 Å². The van der Waals surface area contributed by atoms with Crippen molar-refractivity contribution in [3.63, 3.8) is 0 Å². The van der Waals surface area contributed by atoms with Crippen LogP contribution < -0.4 is 5.84 Å². The topological polar surface area (TPSA) is 59.6 Å². The van der Waals surface area contributed by atoms with E-state index in [9.17, 15) is 0 Å². The highest BCUT2D eigenvalue weighted by molar-refractivity contribution is 7.71. The maximum atomic E-state index is 5.49. The van der Waals surface area contributed by atoms with Crippen LogP contribution in [0.15, 0.2) is 30.3 Å². The van der Waals surface area contributed by atoms with Crippen LogP contribution in [-0.2, 0) is 6.42 Å². The Kier molecular flexibility index (Phi) is 2.32. The van der Waals surface area contributed by atoms with Crippen molar-refractivity contribution >= 4 is 12.2 Å².